The molecule has 0 aliphatic carbocycles. The topological polar surface area (TPSA) is 84.9 Å². The van der Waals surface area contributed by atoms with Crippen LogP contribution in [0, 0.1) is 0 Å². The van der Waals surface area contributed by atoms with E-state index in [1.54, 1.807) is 36.4 Å². The van der Waals surface area contributed by atoms with Crippen LogP contribution in [0.25, 0.3) is 0 Å². The van der Waals surface area contributed by atoms with Crippen molar-refractivity contribution in [3.05, 3.63) is 54.1 Å². The summed E-state index contributed by atoms with van der Waals surface area (Å²) in [5, 5.41) is 2.75. The van der Waals surface area contributed by atoms with E-state index in [-0.39, 0.29) is 16.9 Å². The van der Waals surface area contributed by atoms with Crippen LogP contribution < -0.4 is 10.1 Å². The van der Waals surface area contributed by atoms with Crippen molar-refractivity contribution in [3.63, 3.8) is 0 Å². The van der Waals surface area contributed by atoms with Gasteiger partial charge in [-0.15, -0.1) is 0 Å². The summed E-state index contributed by atoms with van der Waals surface area (Å²) in [4.78, 5) is 12.6. The highest BCUT2D eigenvalue weighted by molar-refractivity contribution is 7.89. The molecule has 1 aliphatic heterocycles. The molecule has 1 fully saturated rings. The molecule has 28 heavy (non-hydrogen) atoms. The number of hydrogen-bond acceptors (Lipinski definition) is 5. The highest BCUT2D eigenvalue weighted by Crippen LogP contribution is 2.21. The maximum Gasteiger partial charge on any atom is 0.255 e. The van der Waals surface area contributed by atoms with Crippen molar-refractivity contribution < 1.29 is 22.7 Å². The average Bonchev–Trinajstić information content (AvgIpc) is 2.69. The number of morpholine rings is 1. The molecule has 2 aromatic carbocycles. The third kappa shape index (κ3) is 4.89. The molecule has 2 aromatic rings. The second-order valence-corrected chi connectivity index (χ2v) is 8.63. The van der Waals surface area contributed by atoms with Crippen LogP contribution in [-0.2, 0) is 14.8 Å². The molecule has 1 N–H and O–H groups in total. The number of ether oxygens (including phenoxy) is 2. The van der Waals surface area contributed by atoms with Crippen molar-refractivity contribution in [3.8, 4) is 5.75 Å². The van der Waals surface area contributed by atoms with Crippen LogP contribution >= 0.6 is 0 Å². The average molecular weight is 404 g/mol. The van der Waals surface area contributed by atoms with Crippen LogP contribution in [0.2, 0.25) is 0 Å². The molecule has 1 heterocycles. The van der Waals surface area contributed by atoms with E-state index in [1.807, 2.05) is 13.8 Å². The molecule has 7 nitrogen and oxygen atoms in total. The lowest BCUT2D eigenvalue weighted by Crippen LogP contribution is -2.40. The van der Waals surface area contributed by atoms with Crippen LogP contribution in [0.4, 0.5) is 5.69 Å². The molecule has 1 aliphatic rings. The number of amides is 1. The third-order valence-corrected chi connectivity index (χ3v) is 6.08. The summed E-state index contributed by atoms with van der Waals surface area (Å²) in [6.07, 6.45) is 0.0517. The fourth-order valence-electron chi connectivity index (χ4n) is 2.83. The summed E-state index contributed by atoms with van der Waals surface area (Å²) >= 11 is 0. The van der Waals surface area contributed by atoms with Crippen molar-refractivity contribution in [1.29, 1.82) is 0 Å². The van der Waals surface area contributed by atoms with Gasteiger partial charge in [0.1, 0.15) is 5.75 Å². The zero-order valence-corrected chi connectivity index (χ0v) is 16.7. The number of nitrogens with zero attached hydrogens (tertiary/aromatic N) is 1. The number of nitrogens with one attached hydrogen (secondary N) is 1. The van der Waals surface area contributed by atoms with Crippen LogP contribution in [0.1, 0.15) is 24.2 Å². The molecule has 8 heteroatoms. The number of benzene rings is 2. The summed E-state index contributed by atoms with van der Waals surface area (Å²) in [7, 11) is -3.62. The minimum absolute atomic E-state index is 0.0517. The molecule has 0 aromatic heterocycles. The maximum atomic E-state index is 12.8. The molecule has 0 atom stereocenters. The highest BCUT2D eigenvalue weighted by Gasteiger charge is 2.26. The van der Waals surface area contributed by atoms with Crippen LogP contribution in [0.3, 0.4) is 0 Å². The SMILES string of the molecule is CC(C)Oc1ccc(C(=O)Nc2cccc(S(=O)(=O)N3CCOCC3)c2)cc1. The molecule has 1 amide bonds. The summed E-state index contributed by atoms with van der Waals surface area (Å²) in [5.74, 6) is 0.363. The van der Waals surface area contributed by atoms with E-state index in [9.17, 15) is 13.2 Å². The summed E-state index contributed by atoms with van der Waals surface area (Å²) in [5.41, 5.74) is 0.874. The molecule has 0 spiro atoms. The normalized spacial score (nSPS) is 15.4. The summed E-state index contributed by atoms with van der Waals surface area (Å²) < 4.78 is 37.7. The number of sulfonamides is 1. The van der Waals surface area contributed by atoms with Crippen LogP contribution in [0.15, 0.2) is 53.4 Å². The van der Waals surface area contributed by atoms with Crippen LogP contribution in [0.5, 0.6) is 5.75 Å². The van der Waals surface area contributed by atoms with Gasteiger partial charge < -0.3 is 14.8 Å². The van der Waals surface area contributed by atoms with E-state index in [1.165, 1.54) is 16.4 Å². The van der Waals surface area contributed by atoms with E-state index in [4.69, 9.17) is 9.47 Å². The Morgan fingerprint density at radius 2 is 1.79 bits per heavy atom. The molecule has 0 bridgehead atoms. The number of hydrogen-bond donors (Lipinski definition) is 1. The van der Waals surface area contributed by atoms with Gasteiger partial charge in [0.05, 0.1) is 24.2 Å². The predicted molar refractivity (Wildman–Crippen MR) is 106 cm³/mol. The quantitative estimate of drug-likeness (QED) is 0.800. The lowest BCUT2D eigenvalue weighted by Gasteiger charge is -2.26. The summed E-state index contributed by atoms with van der Waals surface area (Å²) in [6, 6.07) is 13.1. The molecular formula is C20H24N2O5S. The third-order valence-electron chi connectivity index (χ3n) is 4.19. The van der Waals surface area contributed by atoms with Crippen molar-refractivity contribution >= 4 is 21.6 Å². The fraction of sp³-hybridized carbons (Fsp3) is 0.350. The van der Waals surface area contributed by atoms with E-state index in [2.05, 4.69) is 5.32 Å². The Balaban J connectivity index is 1.72. The number of carbonyl (C=O) groups is 1. The molecule has 150 valence electrons. The summed E-state index contributed by atoms with van der Waals surface area (Å²) in [6.45, 7) is 5.27. The van der Waals surface area contributed by atoms with E-state index in [0.717, 1.165) is 0 Å². The lowest BCUT2D eigenvalue weighted by molar-refractivity contribution is 0.0730. The Hall–Kier alpha value is -2.42. The zero-order valence-electron chi connectivity index (χ0n) is 15.9. The van der Waals surface area contributed by atoms with Gasteiger partial charge in [-0.2, -0.15) is 4.31 Å². The van der Waals surface area contributed by atoms with Gasteiger partial charge in [-0.25, -0.2) is 8.42 Å². The van der Waals surface area contributed by atoms with Gasteiger partial charge in [0.15, 0.2) is 0 Å². The van der Waals surface area contributed by atoms with Gasteiger partial charge >= 0.3 is 0 Å². The first-order chi connectivity index (χ1) is 13.4. The Bertz CT molecular complexity index is 920. The second kappa shape index (κ2) is 8.72. The lowest BCUT2D eigenvalue weighted by atomic mass is 10.2. The van der Waals surface area contributed by atoms with Gasteiger partial charge in [-0.05, 0) is 56.3 Å². The Morgan fingerprint density at radius 3 is 2.43 bits per heavy atom. The monoisotopic (exact) mass is 404 g/mol. The molecular weight excluding hydrogens is 380 g/mol. The van der Waals surface area contributed by atoms with Gasteiger partial charge in [-0.3, -0.25) is 4.79 Å². The van der Waals surface area contributed by atoms with Gasteiger partial charge in [-0.1, -0.05) is 6.07 Å². The van der Waals surface area contributed by atoms with Crippen LogP contribution in [-0.4, -0.2) is 51.0 Å². The zero-order chi connectivity index (χ0) is 20.1. The van der Waals surface area contributed by atoms with Crippen molar-refractivity contribution in [1.82, 2.24) is 4.31 Å². The minimum Gasteiger partial charge on any atom is -0.491 e. The molecule has 0 radical (unpaired) electrons. The first-order valence-corrected chi connectivity index (χ1v) is 10.6. The molecule has 3 rings (SSSR count). The predicted octanol–water partition coefficient (Wildman–Crippen LogP) is 2.75. The van der Waals surface area contributed by atoms with Crippen molar-refractivity contribution in [2.24, 2.45) is 0 Å². The maximum absolute atomic E-state index is 12.8. The Labute approximate surface area is 165 Å². The molecule has 0 unspecified atom stereocenters. The van der Waals surface area contributed by atoms with Gasteiger partial charge in [0.25, 0.3) is 5.91 Å². The number of anilines is 1. The highest BCUT2D eigenvalue weighted by atomic mass is 32.2. The van der Waals surface area contributed by atoms with Gasteiger partial charge in [0.2, 0.25) is 10.0 Å². The standard InChI is InChI=1S/C20H24N2O5S/c1-15(2)27-18-8-6-16(7-9-18)20(23)21-17-4-3-5-19(14-17)28(24,25)22-10-12-26-13-11-22/h3-9,14-15H,10-13H2,1-2H3,(H,21,23). The fourth-order valence-corrected chi connectivity index (χ4v) is 4.29. The minimum atomic E-state index is -3.62. The molecule has 1 saturated heterocycles. The van der Waals surface area contributed by atoms with Crippen molar-refractivity contribution in [2.45, 2.75) is 24.8 Å². The first-order valence-electron chi connectivity index (χ1n) is 9.12. The van der Waals surface area contributed by atoms with Gasteiger partial charge in [0, 0.05) is 24.3 Å². The van der Waals surface area contributed by atoms with Crippen molar-refractivity contribution in [2.75, 3.05) is 31.6 Å². The largest absolute Gasteiger partial charge is 0.491 e. The van der Waals surface area contributed by atoms with E-state index < -0.39 is 10.0 Å². The van der Waals surface area contributed by atoms with E-state index in [0.29, 0.717) is 43.3 Å². The number of rotatable bonds is 6. The van der Waals surface area contributed by atoms with E-state index >= 15 is 0 Å². The Morgan fingerprint density at radius 1 is 1.11 bits per heavy atom. The second-order valence-electron chi connectivity index (χ2n) is 6.69. The first kappa shape index (κ1) is 20.3. The molecule has 0 saturated carbocycles. The Kier molecular flexibility index (Phi) is 6.33. The number of carbonyl (C=O) groups excluding carboxylic acids is 1. The smallest absolute Gasteiger partial charge is 0.255 e.